The van der Waals surface area contributed by atoms with Gasteiger partial charge in [-0.05, 0) is 31.5 Å². The molecular weight excluding hydrogens is 417 g/mol. The van der Waals surface area contributed by atoms with Gasteiger partial charge in [-0.25, -0.2) is 0 Å². The molecule has 0 radical (unpaired) electrons. The Hall–Kier alpha value is -2.49. The van der Waals surface area contributed by atoms with Crippen LogP contribution in [0.15, 0.2) is 18.2 Å². The first-order valence-electron chi connectivity index (χ1n) is 10.00. The summed E-state index contributed by atoms with van der Waals surface area (Å²) in [6.07, 6.45) is -6.91. The highest BCUT2D eigenvalue weighted by molar-refractivity contribution is 5.85. The Bertz CT molecular complexity index is 748. The molecule has 1 aliphatic heterocycles. The molecule has 0 aliphatic carbocycles. The third kappa shape index (κ3) is 7.61. The van der Waals surface area contributed by atoms with E-state index in [2.05, 4.69) is 0 Å². The number of carbonyl (C=O) groups excluding carboxylic acids is 2. The number of alkyl halides is 3. The number of halogens is 3. The third-order valence-corrected chi connectivity index (χ3v) is 4.97. The number of carbonyl (C=O) groups is 2. The number of benzene rings is 1. The van der Waals surface area contributed by atoms with Crippen LogP contribution in [0, 0.1) is 0 Å². The van der Waals surface area contributed by atoms with Gasteiger partial charge in [0.1, 0.15) is 11.5 Å². The zero-order valence-electron chi connectivity index (χ0n) is 18.2. The van der Waals surface area contributed by atoms with Gasteiger partial charge in [0.25, 0.3) is 0 Å². The lowest BCUT2D eigenvalue weighted by atomic mass is 10.2. The molecule has 0 bridgehead atoms. The maximum Gasteiger partial charge on any atom is 0.389 e. The molecule has 1 aromatic rings. The van der Waals surface area contributed by atoms with Gasteiger partial charge >= 0.3 is 6.18 Å². The molecule has 2 amide bonds. The predicted molar refractivity (Wildman–Crippen MR) is 107 cm³/mol. The van der Waals surface area contributed by atoms with Gasteiger partial charge in [-0.15, -0.1) is 0 Å². The van der Waals surface area contributed by atoms with Crippen molar-refractivity contribution >= 4 is 11.8 Å². The number of rotatable bonds is 8. The average Bonchev–Trinajstić information content (AvgIpc) is 2.88. The molecule has 7 nitrogen and oxygen atoms in total. The molecule has 1 aromatic carbocycles. The molecule has 1 aliphatic rings. The Kier molecular flexibility index (Phi) is 8.55. The van der Waals surface area contributed by atoms with Gasteiger partial charge in [0, 0.05) is 31.6 Å². The average molecular weight is 446 g/mol. The van der Waals surface area contributed by atoms with E-state index < -0.39 is 31.0 Å². The zero-order valence-corrected chi connectivity index (χ0v) is 18.2. The van der Waals surface area contributed by atoms with Gasteiger partial charge in [-0.1, -0.05) is 0 Å². The van der Waals surface area contributed by atoms with Crippen molar-refractivity contribution in [1.29, 1.82) is 0 Å². The summed E-state index contributed by atoms with van der Waals surface area (Å²) in [6, 6.07) is 5.13. The lowest BCUT2D eigenvalue weighted by molar-refractivity contribution is -0.150. The number of nitrogens with zero attached hydrogens (tertiary/aromatic N) is 2. The molecule has 1 heterocycles. The van der Waals surface area contributed by atoms with Gasteiger partial charge in [0.2, 0.25) is 11.8 Å². The van der Waals surface area contributed by atoms with Gasteiger partial charge in [0.15, 0.2) is 0 Å². The second kappa shape index (κ2) is 10.7. The molecule has 10 heteroatoms. The first-order valence-corrected chi connectivity index (χ1v) is 10.00. The maximum absolute atomic E-state index is 12.6. The minimum Gasteiger partial charge on any atom is -0.497 e. The van der Waals surface area contributed by atoms with Crippen LogP contribution in [0.3, 0.4) is 0 Å². The molecule has 0 spiro atoms. The number of hydrogen-bond donors (Lipinski definition) is 0. The number of ether oxygens (including phenoxy) is 3. The Morgan fingerprint density at radius 1 is 1.13 bits per heavy atom. The van der Waals surface area contributed by atoms with Gasteiger partial charge < -0.3 is 24.0 Å². The van der Waals surface area contributed by atoms with E-state index in [0.29, 0.717) is 11.5 Å². The standard InChI is InChI=1S/C21H29F3N2O5/c1-14(2)26-11-18(31-13-15-7-16(29-3)9-17(8-15)30-4)10-25(12-20(26)28)19(27)5-6-21(22,23)24/h7-9,14,18H,5-6,10-13H2,1-4H3. The van der Waals surface area contributed by atoms with Crippen molar-refractivity contribution in [1.82, 2.24) is 9.80 Å². The Balaban J connectivity index is 2.13. The normalized spacial score (nSPS) is 17.7. The monoisotopic (exact) mass is 446 g/mol. The Labute approximate surface area is 180 Å². The van der Waals surface area contributed by atoms with Crippen LogP contribution in [0.4, 0.5) is 13.2 Å². The minimum absolute atomic E-state index is 0.0345. The van der Waals surface area contributed by atoms with E-state index >= 15 is 0 Å². The summed E-state index contributed by atoms with van der Waals surface area (Å²) in [7, 11) is 3.06. The van der Waals surface area contributed by atoms with Crippen LogP contribution < -0.4 is 9.47 Å². The lowest BCUT2D eigenvalue weighted by Crippen LogP contribution is -2.42. The summed E-state index contributed by atoms with van der Waals surface area (Å²) < 4.78 is 54.0. The molecule has 0 N–H and O–H groups in total. The number of hydrogen-bond acceptors (Lipinski definition) is 5. The second-order valence-corrected chi connectivity index (χ2v) is 7.68. The van der Waals surface area contributed by atoms with Crippen molar-refractivity contribution in [2.75, 3.05) is 33.9 Å². The smallest absolute Gasteiger partial charge is 0.389 e. The summed E-state index contributed by atoms with van der Waals surface area (Å²) >= 11 is 0. The van der Waals surface area contributed by atoms with E-state index in [1.807, 2.05) is 13.8 Å². The van der Waals surface area contributed by atoms with Gasteiger partial charge in [-0.3, -0.25) is 9.59 Å². The van der Waals surface area contributed by atoms with E-state index in [4.69, 9.17) is 14.2 Å². The third-order valence-electron chi connectivity index (χ3n) is 4.97. The van der Waals surface area contributed by atoms with E-state index in [0.717, 1.165) is 10.5 Å². The fourth-order valence-electron chi connectivity index (χ4n) is 3.31. The Morgan fingerprint density at radius 2 is 1.74 bits per heavy atom. The lowest BCUT2D eigenvalue weighted by Gasteiger charge is -2.27. The quantitative estimate of drug-likeness (QED) is 0.614. The van der Waals surface area contributed by atoms with E-state index in [9.17, 15) is 22.8 Å². The fraction of sp³-hybridized carbons (Fsp3) is 0.619. The summed E-state index contributed by atoms with van der Waals surface area (Å²) in [5, 5.41) is 0. The van der Waals surface area contributed by atoms with Crippen molar-refractivity contribution in [2.24, 2.45) is 0 Å². The van der Waals surface area contributed by atoms with Crippen LogP contribution in [0.25, 0.3) is 0 Å². The molecular formula is C21H29F3N2O5. The predicted octanol–water partition coefficient (Wildman–Crippen LogP) is 3.01. The molecule has 1 saturated heterocycles. The van der Waals surface area contributed by atoms with Crippen LogP contribution in [0.5, 0.6) is 11.5 Å². The van der Waals surface area contributed by atoms with Crippen molar-refractivity contribution in [2.45, 2.75) is 51.6 Å². The summed E-state index contributed by atoms with van der Waals surface area (Å²) in [5.41, 5.74) is 0.762. The molecule has 1 fully saturated rings. The molecule has 174 valence electrons. The minimum atomic E-state index is -4.43. The van der Waals surface area contributed by atoms with Crippen LogP contribution in [0.1, 0.15) is 32.3 Å². The topological polar surface area (TPSA) is 68.3 Å². The molecule has 0 saturated carbocycles. The van der Waals surface area contributed by atoms with Crippen molar-refractivity contribution in [3.63, 3.8) is 0 Å². The largest absolute Gasteiger partial charge is 0.497 e. The summed E-state index contributed by atoms with van der Waals surface area (Å²) in [4.78, 5) is 27.7. The SMILES string of the molecule is COc1cc(COC2CN(C(=O)CCC(F)(F)F)CC(=O)N(C(C)C)C2)cc(OC)c1. The second-order valence-electron chi connectivity index (χ2n) is 7.68. The first-order chi connectivity index (χ1) is 14.5. The van der Waals surface area contributed by atoms with E-state index in [-0.39, 0.29) is 38.2 Å². The molecule has 0 aromatic heterocycles. The fourth-order valence-corrected chi connectivity index (χ4v) is 3.31. The highest BCUT2D eigenvalue weighted by atomic mass is 19.4. The van der Waals surface area contributed by atoms with Crippen LogP contribution in [-0.2, 0) is 20.9 Å². The van der Waals surface area contributed by atoms with Crippen molar-refractivity contribution in [3.8, 4) is 11.5 Å². The first kappa shape index (κ1) is 24.8. The summed E-state index contributed by atoms with van der Waals surface area (Å²) in [5.74, 6) is 0.140. The maximum atomic E-state index is 12.6. The number of amides is 2. The van der Waals surface area contributed by atoms with Crippen molar-refractivity contribution in [3.05, 3.63) is 23.8 Å². The molecule has 1 atom stereocenters. The highest BCUT2D eigenvalue weighted by Crippen LogP contribution is 2.25. The number of methoxy groups -OCH3 is 2. The molecule has 1 unspecified atom stereocenters. The van der Waals surface area contributed by atoms with Gasteiger partial charge in [-0.2, -0.15) is 13.2 Å². The zero-order chi connectivity index (χ0) is 23.2. The van der Waals surface area contributed by atoms with E-state index in [1.165, 1.54) is 14.2 Å². The van der Waals surface area contributed by atoms with Crippen LogP contribution in [-0.4, -0.2) is 73.8 Å². The van der Waals surface area contributed by atoms with Crippen LogP contribution in [0.2, 0.25) is 0 Å². The summed E-state index contributed by atoms with van der Waals surface area (Å²) in [6.45, 7) is 3.84. The molecule has 2 rings (SSSR count). The van der Waals surface area contributed by atoms with Crippen molar-refractivity contribution < 1.29 is 37.0 Å². The molecule has 31 heavy (non-hydrogen) atoms. The van der Waals surface area contributed by atoms with Crippen LogP contribution >= 0.6 is 0 Å². The van der Waals surface area contributed by atoms with Gasteiger partial charge in [0.05, 0.1) is 39.9 Å². The Morgan fingerprint density at radius 3 is 2.26 bits per heavy atom. The highest BCUT2D eigenvalue weighted by Gasteiger charge is 2.34. The van der Waals surface area contributed by atoms with E-state index in [1.54, 1.807) is 23.1 Å².